The van der Waals surface area contributed by atoms with Gasteiger partial charge < -0.3 is 19.5 Å². The van der Waals surface area contributed by atoms with Crippen LogP contribution in [0.25, 0.3) is 0 Å². The number of esters is 1. The summed E-state index contributed by atoms with van der Waals surface area (Å²) in [4.78, 5) is 23.3. The van der Waals surface area contributed by atoms with Gasteiger partial charge in [-0.15, -0.1) is 6.42 Å². The van der Waals surface area contributed by atoms with Crippen LogP contribution in [0, 0.1) is 12.3 Å². The van der Waals surface area contributed by atoms with Gasteiger partial charge in [-0.1, -0.05) is 17.5 Å². The topological polar surface area (TPSA) is 73.9 Å². The maximum absolute atomic E-state index is 12.0. The number of hydrogen-bond acceptors (Lipinski definition) is 5. The molecule has 0 heterocycles. The van der Waals surface area contributed by atoms with Crippen LogP contribution in [0.15, 0.2) is 12.1 Å². The van der Waals surface area contributed by atoms with Gasteiger partial charge in [-0.2, -0.15) is 0 Å². The number of hydrogen-bond donors (Lipinski definition) is 1. The van der Waals surface area contributed by atoms with Crippen molar-refractivity contribution in [3.8, 4) is 23.8 Å². The van der Waals surface area contributed by atoms with E-state index in [4.69, 9.17) is 32.2 Å². The Bertz CT molecular complexity index is 622. The molecule has 0 saturated heterocycles. The summed E-state index contributed by atoms with van der Waals surface area (Å²) in [7, 11) is 1.43. The largest absolute Gasteiger partial charge is 0.493 e. The van der Waals surface area contributed by atoms with Crippen molar-refractivity contribution in [1.29, 1.82) is 0 Å². The molecule has 0 aromatic heterocycles. The molecule has 0 saturated carbocycles. The SMILES string of the molecule is C#CCNC(=O)COC(=O)c1cc(Cl)c(OC(C)C)c(OC)c1. The standard InChI is InChI=1S/C16H18ClNO5/c1-5-6-18-14(19)9-22-16(20)11-7-12(17)15(23-10(2)3)13(8-11)21-4/h1,7-8,10H,6,9H2,2-4H3,(H,18,19). The summed E-state index contributed by atoms with van der Waals surface area (Å²) in [6.07, 6.45) is 4.90. The maximum atomic E-state index is 12.0. The lowest BCUT2D eigenvalue weighted by molar-refractivity contribution is -0.123. The van der Waals surface area contributed by atoms with Crippen molar-refractivity contribution in [2.75, 3.05) is 20.3 Å². The summed E-state index contributed by atoms with van der Waals surface area (Å²) in [5, 5.41) is 2.59. The number of halogens is 1. The number of terminal acetylenes is 1. The smallest absolute Gasteiger partial charge is 0.338 e. The number of nitrogens with one attached hydrogen (secondary N) is 1. The van der Waals surface area contributed by atoms with E-state index in [-0.39, 0.29) is 23.2 Å². The van der Waals surface area contributed by atoms with Crippen LogP contribution >= 0.6 is 11.6 Å². The number of amides is 1. The Hall–Kier alpha value is -2.39. The third-order valence-electron chi connectivity index (χ3n) is 2.54. The van der Waals surface area contributed by atoms with Crippen LogP contribution in [0.2, 0.25) is 5.02 Å². The van der Waals surface area contributed by atoms with Crippen molar-refractivity contribution in [2.45, 2.75) is 20.0 Å². The lowest BCUT2D eigenvalue weighted by Gasteiger charge is -2.16. The normalized spacial score (nSPS) is 9.91. The molecule has 1 aromatic rings. The molecule has 1 N–H and O–H groups in total. The molecule has 0 spiro atoms. The monoisotopic (exact) mass is 339 g/mol. The molecule has 0 bridgehead atoms. The minimum atomic E-state index is -0.711. The van der Waals surface area contributed by atoms with E-state index in [0.29, 0.717) is 11.5 Å². The van der Waals surface area contributed by atoms with Gasteiger partial charge in [-0.3, -0.25) is 4.79 Å². The first kappa shape index (κ1) is 18.7. The van der Waals surface area contributed by atoms with Gasteiger partial charge in [0, 0.05) is 0 Å². The Kier molecular flexibility index (Phi) is 7.23. The molecule has 0 unspecified atom stereocenters. The van der Waals surface area contributed by atoms with Crippen LogP contribution in [0.4, 0.5) is 0 Å². The average Bonchev–Trinajstić information content (AvgIpc) is 2.51. The summed E-state index contributed by atoms with van der Waals surface area (Å²) >= 11 is 6.12. The van der Waals surface area contributed by atoms with E-state index in [0.717, 1.165) is 0 Å². The lowest BCUT2D eigenvalue weighted by atomic mass is 10.2. The summed E-state index contributed by atoms with van der Waals surface area (Å²) < 4.78 is 15.6. The molecular formula is C16H18ClNO5. The molecule has 0 atom stereocenters. The minimum Gasteiger partial charge on any atom is -0.493 e. The van der Waals surface area contributed by atoms with Gasteiger partial charge in [0.1, 0.15) is 0 Å². The Morgan fingerprint density at radius 3 is 2.65 bits per heavy atom. The van der Waals surface area contributed by atoms with Gasteiger partial charge >= 0.3 is 5.97 Å². The first-order valence-electron chi connectivity index (χ1n) is 6.80. The van der Waals surface area contributed by atoms with Crippen LogP contribution in [0.5, 0.6) is 11.5 Å². The first-order valence-corrected chi connectivity index (χ1v) is 7.18. The minimum absolute atomic E-state index is 0.0667. The number of benzene rings is 1. The van der Waals surface area contributed by atoms with Crippen LogP contribution in [0.3, 0.4) is 0 Å². The molecule has 0 fully saturated rings. The molecule has 0 aliphatic carbocycles. The van der Waals surface area contributed by atoms with Crippen molar-refractivity contribution >= 4 is 23.5 Å². The Morgan fingerprint density at radius 1 is 1.39 bits per heavy atom. The highest BCUT2D eigenvalue weighted by atomic mass is 35.5. The fourth-order valence-electron chi connectivity index (χ4n) is 1.60. The lowest BCUT2D eigenvalue weighted by Crippen LogP contribution is -2.29. The molecule has 0 radical (unpaired) electrons. The molecule has 1 amide bonds. The fraction of sp³-hybridized carbons (Fsp3) is 0.375. The number of ether oxygens (including phenoxy) is 3. The highest BCUT2D eigenvalue weighted by molar-refractivity contribution is 6.32. The molecule has 6 nitrogen and oxygen atoms in total. The molecular weight excluding hydrogens is 322 g/mol. The average molecular weight is 340 g/mol. The van der Waals surface area contributed by atoms with Gasteiger partial charge in [-0.05, 0) is 26.0 Å². The molecule has 7 heteroatoms. The van der Waals surface area contributed by atoms with E-state index in [1.54, 1.807) is 0 Å². The van der Waals surface area contributed by atoms with E-state index in [2.05, 4.69) is 11.2 Å². The number of methoxy groups -OCH3 is 1. The van der Waals surface area contributed by atoms with E-state index in [1.807, 2.05) is 13.8 Å². The number of carbonyl (C=O) groups is 2. The van der Waals surface area contributed by atoms with Crippen molar-refractivity contribution in [2.24, 2.45) is 0 Å². The van der Waals surface area contributed by atoms with Crippen molar-refractivity contribution < 1.29 is 23.8 Å². The van der Waals surface area contributed by atoms with E-state index in [9.17, 15) is 9.59 Å². The second-order valence-corrected chi connectivity index (χ2v) is 5.12. The van der Waals surface area contributed by atoms with Crippen LogP contribution in [-0.4, -0.2) is 38.2 Å². The molecule has 0 aliphatic rings. The van der Waals surface area contributed by atoms with Gasteiger partial charge in [0.2, 0.25) is 0 Å². The summed E-state index contributed by atoms with van der Waals surface area (Å²) in [5.41, 5.74) is 0.146. The van der Waals surface area contributed by atoms with Crippen LogP contribution in [0.1, 0.15) is 24.2 Å². The van der Waals surface area contributed by atoms with Gasteiger partial charge in [0.05, 0.1) is 30.3 Å². The fourth-order valence-corrected chi connectivity index (χ4v) is 1.86. The maximum Gasteiger partial charge on any atom is 0.338 e. The Morgan fingerprint density at radius 2 is 2.09 bits per heavy atom. The predicted octanol–water partition coefficient (Wildman–Crippen LogP) is 2.04. The van der Waals surface area contributed by atoms with Gasteiger partial charge in [0.15, 0.2) is 18.1 Å². The molecule has 1 aromatic carbocycles. The van der Waals surface area contributed by atoms with Crippen molar-refractivity contribution in [1.82, 2.24) is 5.32 Å². The highest BCUT2D eigenvalue weighted by Gasteiger charge is 2.18. The summed E-state index contributed by atoms with van der Waals surface area (Å²) in [5.74, 6) is 1.68. The summed E-state index contributed by atoms with van der Waals surface area (Å²) in [6.45, 7) is 3.31. The molecule has 1 rings (SSSR count). The van der Waals surface area contributed by atoms with E-state index in [1.165, 1.54) is 19.2 Å². The zero-order chi connectivity index (χ0) is 17.4. The van der Waals surface area contributed by atoms with Crippen LogP contribution < -0.4 is 14.8 Å². The molecule has 0 aliphatic heterocycles. The van der Waals surface area contributed by atoms with Gasteiger partial charge in [0.25, 0.3) is 5.91 Å². The van der Waals surface area contributed by atoms with E-state index >= 15 is 0 Å². The van der Waals surface area contributed by atoms with Crippen molar-refractivity contribution in [3.05, 3.63) is 22.7 Å². The predicted molar refractivity (Wildman–Crippen MR) is 85.9 cm³/mol. The third kappa shape index (κ3) is 5.72. The zero-order valence-electron chi connectivity index (χ0n) is 13.1. The van der Waals surface area contributed by atoms with Crippen LogP contribution in [-0.2, 0) is 9.53 Å². The second kappa shape index (κ2) is 8.91. The first-order chi connectivity index (χ1) is 10.9. The highest BCUT2D eigenvalue weighted by Crippen LogP contribution is 2.37. The molecule has 23 heavy (non-hydrogen) atoms. The zero-order valence-corrected chi connectivity index (χ0v) is 13.9. The molecule has 124 valence electrons. The quantitative estimate of drug-likeness (QED) is 0.608. The Labute approximate surface area is 140 Å². The van der Waals surface area contributed by atoms with E-state index < -0.39 is 18.5 Å². The number of rotatable bonds is 7. The number of carbonyl (C=O) groups excluding carboxylic acids is 2. The Balaban J connectivity index is 2.84. The summed E-state index contributed by atoms with van der Waals surface area (Å²) in [6, 6.07) is 2.83. The third-order valence-corrected chi connectivity index (χ3v) is 2.82. The second-order valence-electron chi connectivity index (χ2n) is 4.71. The van der Waals surface area contributed by atoms with Crippen molar-refractivity contribution in [3.63, 3.8) is 0 Å². The van der Waals surface area contributed by atoms with Gasteiger partial charge in [-0.25, -0.2) is 4.79 Å².